The van der Waals surface area contributed by atoms with Crippen LogP contribution in [-0.2, 0) is 11.3 Å². The minimum atomic E-state index is -0.486. The standard InChI is InChI=1S/C17H28N2O2/c1-5-18-12-15-8-6-7-9-16(15)21-14(4)17(20)19-11-10-13(2)3/h6-9,13-14,18H,5,10-12H2,1-4H3,(H,19,20). The molecule has 118 valence electrons. The third-order valence-electron chi connectivity index (χ3n) is 3.23. The van der Waals surface area contributed by atoms with Crippen LogP contribution in [0.15, 0.2) is 24.3 Å². The molecule has 0 saturated heterocycles. The molecule has 2 N–H and O–H groups in total. The second-order valence-corrected chi connectivity index (χ2v) is 5.62. The first kappa shape index (κ1) is 17.5. The van der Waals surface area contributed by atoms with Crippen LogP contribution in [0, 0.1) is 5.92 Å². The Morgan fingerprint density at radius 2 is 1.95 bits per heavy atom. The van der Waals surface area contributed by atoms with Gasteiger partial charge in [0.05, 0.1) is 0 Å². The number of para-hydroxylation sites is 1. The van der Waals surface area contributed by atoms with E-state index in [4.69, 9.17) is 4.74 Å². The van der Waals surface area contributed by atoms with E-state index in [-0.39, 0.29) is 5.91 Å². The normalized spacial score (nSPS) is 12.2. The second kappa shape index (κ2) is 9.40. The maximum Gasteiger partial charge on any atom is 0.260 e. The van der Waals surface area contributed by atoms with Crippen molar-refractivity contribution in [3.63, 3.8) is 0 Å². The summed E-state index contributed by atoms with van der Waals surface area (Å²) in [6.45, 7) is 10.5. The zero-order chi connectivity index (χ0) is 15.7. The van der Waals surface area contributed by atoms with E-state index in [0.717, 1.165) is 30.8 Å². The van der Waals surface area contributed by atoms with Crippen LogP contribution >= 0.6 is 0 Å². The van der Waals surface area contributed by atoms with Gasteiger partial charge in [0.15, 0.2) is 6.10 Å². The van der Waals surface area contributed by atoms with Crippen LogP contribution in [0.5, 0.6) is 5.75 Å². The fourth-order valence-electron chi connectivity index (χ4n) is 1.90. The van der Waals surface area contributed by atoms with Crippen molar-refractivity contribution < 1.29 is 9.53 Å². The minimum absolute atomic E-state index is 0.0612. The average Bonchev–Trinajstić information content (AvgIpc) is 2.45. The Balaban J connectivity index is 2.53. The highest BCUT2D eigenvalue weighted by atomic mass is 16.5. The molecule has 4 nitrogen and oxygen atoms in total. The number of hydrogen-bond acceptors (Lipinski definition) is 3. The molecule has 1 unspecified atom stereocenters. The van der Waals surface area contributed by atoms with Crippen LogP contribution in [0.1, 0.15) is 39.7 Å². The van der Waals surface area contributed by atoms with E-state index in [0.29, 0.717) is 12.5 Å². The number of benzene rings is 1. The van der Waals surface area contributed by atoms with Crippen molar-refractivity contribution >= 4 is 5.91 Å². The van der Waals surface area contributed by atoms with Gasteiger partial charge in [-0.25, -0.2) is 0 Å². The van der Waals surface area contributed by atoms with Gasteiger partial charge in [0, 0.05) is 18.7 Å². The van der Waals surface area contributed by atoms with Gasteiger partial charge in [-0.1, -0.05) is 39.0 Å². The van der Waals surface area contributed by atoms with Crippen LogP contribution in [0.2, 0.25) is 0 Å². The zero-order valence-corrected chi connectivity index (χ0v) is 13.6. The number of ether oxygens (including phenoxy) is 1. The molecule has 1 amide bonds. The van der Waals surface area contributed by atoms with Gasteiger partial charge in [0.2, 0.25) is 0 Å². The Labute approximate surface area is 128 Å². The molecule has 1 aromatic carbocycles. The molecule has 0 aliphatic rings. The first-order valence-corrected chi connectivity index (χ1v) is 7.77. The van der Waals surface area contributed by atoms with E-state index in [9.17, 15) is 4.79 Å². The smallest absolute Gasteiger partial charge is 0.260 e. The van der Waals surface area contributed by atoms with Crippen molar-refractivity contribution in [2.24, 2.45) is 5.92 Å². The molecular formula is C17H28N2O2. The number of hydrogen-bond donors (Lipinski definition) is 2. The maximum atomic E-state index is 12.0. The van der Waals surface area contributed by atoms with E-state index >= 15 is 0 Å². The Bertz CT molecular complexity index is 433. The van der Waals surface area contributed by atoms with Gasteiger partial charge in [-0.3, -0.25) is 4.79 Å². The summed E-state index contributed by atoms with van der Waals surface area (Å²) in [6, 6.07) is 7.83. The van der Waals surface area contributed by atoms with Crippen LogP contribution < -0.4 is 15.4 Å². The van der Waals surface area contributed by atoms with Crippen molar-refractivity contribution in [3.05, 3.63) is 29.8 Å². The molecule has 0 heterocycles. The predicted molar refractivity (Wildman–Crippen MR) is 86.4 cm³/mol. The molecule has 1 atom stereocenters. The zero-order valence-electron chi connectivity index (χ0n) is 13.6. The summed E-state index contributed by atoms with van der Waals surface area (Å²) in [4.78, 5) is 12.0. The van der Waals surface area contributed by atoms with Gasteiger partial charge in [0.25, 0.3) is 5.91 Å². The number of nitrogens with one attached hydrogen (secondary N) is 2. The first-order valence-electron chi connectivity index (χ1n) is 7.77. The molecule has 0 fully saturated rings. The quantitative estimate of drug-likeness (QED) is 0.736. The Kier molecular flexibility index (Phi) is 7.83. The SMILES string of the molecule is CCNCc1ccccc1OC(C)C(=O)NCCC(C)C. The van der Waals surface area contributed by atoms with Crippen LogP contribution in [0.3, 0.4) is 0 Å². The summed E-state index contributed by atoms with van der Waals surface area (Å²) in [5.41, 5.74) is 1.07. The highest BCUT2D eigenvalue weighted by Gasteiger charge is 2.15. The van der Waals surface area contributed by atoms with Gasteiger partial charge >= 0.3 is 0 Å². The Morgan fingerprint density at radius 1 is 1.24 bits per heavy atom. The molecular weight excluding hydrogens is 264 g/mol. The second-order valence-electron chi connectivity index (χ2n) is 5.62. The summed E-state index contributed by atoms with van der Waals surface area (Å²) in [7, 11) is 0. The van der Waals surface area contributed by atoms with E-state index in [1.807, 2.05) is 24.3 Å². The lowest BCUT2D eigenvalue weighted by Gasteiger charge is -2.17. The highest BCUT2D eigenvalue weighted by molar-refractivity contribution is 5.80. The summed E-state index contributed by atoms with van der Waals surface area (Å²) < 4.78 is 5.81. The summed E-state index contributed by atoms with van der Waals surface area (Å²) in [5.74, 6) is 1.29. The molecule has 0 aromatic heterocycles. The molecule has 0 aliphatic carbocycles. The molecule has 0 bridgehead atoms. The summed E-state index contributed by atoms with van der Waals surface area (Å²) >= 11 is 0. The van der Waals surface area contributed by atoms with Crippen molar-refractivity contribution in [1.82, 2.24) is 10.6 Å². The lowest BCUT2D eigenvalue weighted by Crippen LogP contribution is -2.37. The van der Waals surface area contributed by atoms with E-state index < -0.39 is 6.10 Å². The van der Waals surface area contributed by atoms with Crippen LogP contribution in [0.4, 0.5) is 0 Å². The third kappa shape index (κ3) is 6.63. The lowest BCUT2D eigenvalue weighted by atomic mass is 10.1. The molecule has 4 heteroatoms. The molecule has 0 saturated carbocycles. The topological polar surface area (TPSA) is 50.4 Å². The van der Waals surface area contributed by atoms with Crippen molar-refractivity contribution in [2.75, 3.05) is 13.1 Å². The van der Waals surface area contributed by atoms with Crippen molar-refractivity contribution in [2.45, 2.75) is 46.8 Å². The van der Waals surface area contributed by atoms with Crippen LogP contribution in [-0.4, -0.2) is 25.1 Å². The summed E-state index contributed by atoms with van der Waals surface area (Å²) in [6.07, 6.45) is 0.495. The number of rotatable bonds is 9. The van der Waals surface area contributed by atoms with E-state index in [1.165, 1.54) is 0 Å². The van der Waals surface area contributed by atoms with Crippen molar-refractivity contribution in [1.29, 1.82) is 0 Å². The molecule has 0 spiro atoms. The monoisotopic (exact) mass is 292 g/mol. The minimum Gasteiger partial charge on any atom is -0.481 e. The first-order chi connectivity index (χ1) is 10.0. The summed E-state index contributed by atoms with van der Waals surface area (Å²) in [5, 5.41) is 6.19. The molecule has 0 radical (unpaired) electrons. The molecule has 1 aromatic rings. The van der Waals surface area contributed by atoms with Gasteiger partial charge in [0.1, 0.15) is 5.75 Å². The molecule has 1 rings (SSSR count). The maximum absolute atomic E-state index is 12.0. The van der Waals surface area contributed by atoms with Crippen LogP contribution in [0.25, 0.3) is 0 Å². The van der Waals surface area contributed by atoms with E-state index in [1.54, 1.807) is 6.92 Å². The van der Waals surface area contributed by atoms with Gasteiger partial charge in [-0.2, -0.15) is 0 Å². The third-order valence-corrected chi connectivity index (χ3v) is 3.23. The van der Waals surface area contributed by atoms with E-state index in [2.05, 4.69) is 31.4 Å². The fraction of sp³-hybridized carbons (Fsp3) is 0.588. The Hall–Kier alpha value is -1.55. The number of amides is 1. The largest absolute Gasteiger partial charge is 0.481 e. The van der Waals surface area contributed by atoms with Gasteiger partial charge in [-0.15, -0.1) is 0 Å². The average molecular weight is 292 g/mol. The van der Waals surface area contributed by atoms with Gasteiger partial charge < -0.3 is 15.4 Å². The van der Waals surface area contributed by atoms with Crippen molar-refractivity contribution in [3.8, 4) is 5.75 Å². The lowest BCUT2D eigenvalue weighted by molar-refractivity contribution is -0.127. The number of carbonyl (C=O) groups is 1. The van der Waals surface area contributed by atoms with Gasteiger partial charge in [-0.05, 0) is 31.9 Å². The predicted octanol–water partition coefficient (Wildman–Crippen LogP) is 2.73. The molecule has 0 aliphatic heterocycles. The highest BCUT2D eigenvalue weighted by Crippen LogP contribution is 2.19. The fourth-order valence-corrected chi connectivity index (χ4v) is 1.90. The molecule has 21 heavy (non-hydrogen) atoms. The number of carbonyl (C=O) groups excluding carboxylic acids is 1. The Morgan fingerprint density at radius 3 is 2.62 bits per heavy atom.